The van der Waals surface area contributed by atoms with E-state index in [2.05, 4.69) is 24.0 Å². The van der Waals surface area contributed by atoms with Gasteiger partial charge in [0.15, 0.2) is 0 Å². The fourth-order valence-corrected chi connectivity index (χ4v) is 2.86. The highest BCUT2D eigenvalue weighted by Gasteiger charge is 2.19. The Balaban J connectivity index is 1.92. The van der Waals surface area contributed by atoms with Crippen molar-refractivity contribution in [1.82, 2.24) is 9.88 Å². The van der Waals surface area contributed by atoms with Crippen LogP contribution in [0.25, 0.3) is 10.9 Å². The minimum atomic E-state index is 0.0539. The van der Waals surface area contributed by atoms with Gasteiger partial charge in [-0.3, -0.25) is 4.79 Å². The summed E-state index contributed by atoms with van der Waals surface area (Å²) in [5.74, 6) is 0.0539. The third-order valence-electron chi connectivity index (χ3n) is 4.12. The van der Waals surface area contributed by atoms with E-state index in [0.29, 0.717) is 6.54 Å². The molecule has 0 aliphatic rings. The lowest BCUT2D eigenvalue weighted by molar-refractivity contribution is 0.0786. The van der Waals surface area contributed by atoms with E-state index in [-0.39, 0.29) is 5.91 Å². The van der Waals surface area contributed by atoms with E-state index in [1.165, 1.54) is 11.1 Å². The molecule has 1 heterocycles. The quantitative estimate of drug-likeness (QED) is 0.776. The second-order valence-electron chi connectivity index (χ2n) is 5.76. The van der Waals surface area contributed by atoms with E-state index < -0.39 is 0 Å². The topological polar surface area (TPSA) is 36.1 Å². The molecule has 1 N–H and O–H groups in total. The second kappa shape index (κ2) is 5.68. The van der Waals surface area contributed by atoms with E-state index in [1.54, 1.807) is 4.90 Å². The van der Waals surface area contributed by atoms with Crippen molar-refractivity contribution in [3.05, 3.63) is 70.9 Å². The maximum atomic E-state index is 12.9. The normalized spacial score (nSPS) is 10.9. The number of aromatic nitrogens is 1. The molecular formula is C19H20N2O. The maximum absolute atomic E-state index is 12.9. The van der Waals surface area contributed by atoms with Crippen LogP contribution in [0, 0.1) is 13.8 Å². The molecule has 3 heteroatoms. The molecule has 0 saturated carbocycles. The molecule has 2 aromatic carbocycles. The standard InChI is InChI=1S/C19H20N2O/c1-13-8-4-5-9-15(13)12-21(3)19(22)18-14(2)20-17-11-7-6-10-16(17)18/h4-11,20H,12H2,1-3H3. The smallest absolute Gasteiger partial charge is 0.256 e. The molecule has 0 aliphatic carbocycles. The number of nitrogens with zero attached hydrogens (tertiary/aromatic N) is 1. The van der Waals surface area contributed by atoms with Gasteiger partial charge in [0.2, 0.25) is 0 Å². The number of H-pyrrole nitrogens is 1. The summed E-state index contributed by atoms with van der Waals surface area (Å²) >= 11 is 0. The first-order valence-corrected chi connectivity index (χ1v) is 7.45. The summed E-state index contributed by atoms with van der Waals surface area (Å²) in [5, 5.41) is 0.988. The molecule has 0 saturated heterocycles. The summed E-state index contributed by atoms with van der Waals surface area (Å²) in [4.78, 5) is 17.9. The van der Waals surface area contributed by atoms with Gasteiger partial charge in [0, 0.05) is 30.2 Å². The Morgan fingerprint density at radius 1 is 1.05 bits per heavy atom. The molecule has 0 atom stereocenters. The van der Waals surface area contributed by atoms with Crippen LogP contribution in [-0.4, -0.2) is 22.8 Å². The van der Waals surface area contributed by atoms with Gasteiger partial charge in [0.1, 0.15) is 0 Å². The van der Waals surface area contributed by atoms with Gasteiger partial charge in [-0.25, -0.2) is 0 Å². The summed E-state index contributed by atoms with van der Waals surface area (Å²) in [6, 6.07) is 16.1. The van der Waals surface area contributed by atoms with Crippen molar-refractivity contribution < 1.29 is 4.79 Å². The maximum Gasteiger partial charge on any atom is 0.256 e. The number of aryl methyl sites for hydroxylation is 2. The van der Waals surface area contributed by atoms with Gasteiger partial charge in [-0.1, -0.05) is 42.5 Å². The van der Waals surface area contributed by atoms with E-state index in [0.717, 1.165) is 22.2 Å². The largest absolute Gasteiger partial charge is 0.358 e. The SMILES string of the molecule is Cc1ccccc1CN(C)C(=O)c1c(C)[nH]c2ccccc12. The molecule has 22 heavy (non-hydrogen) atoms. The average molecular weight is 292 g/mol. The summed E-state index contributed by atoms with van der Waals surface area (Å²) in [6.45, 7) is 4.64. The third kappa shape index (κ3) is 2.50. The Morgan fingerprint density at radius 3 is 2.50 bits per heavy atom. The Hall–Kier alpha value is -2.55. The molecule has 3 nitrogen and oxygen atoms in total. The van der Waals surface area contributed by atoms with Gasteiger partial charge < -0.3 is 9.88 Å². The number of nitrogens with one attached hydrogen (secondary N) is 1. The first-order valence-electron chi connectivity index (χ1n) is 7.45. The number of hydrogen-bond donors (Lipinski definition) is 1. The van der Waals surface area contributed by atoms with Crippen LogP contribution in [0.5, 0.6) is 0 Å². The zero-order valence-corrected chi connectivity index (χ0v) is 13.2. The lowest BCUT2D eigenvalue weighted by Gasteiger charge is -2.18. The number of para-hydroxylation sites is 1. The third-order valence-corrected chi connectivity index (χ3v) is 4.12. The van der Waals surface area contributed by atoms with Crippen LogP contribution >= 0.6 is 0 Å². The first-order chi connectivity index (χ1) is 10.6. The Labute approximate surface area is 130 Å². The van der Waals surface area contributed by atoms with Gasteiger partial charge in [-0.15, -0.1) is 0 Å². The Kier molecular flexibility index (Phi) is 3.72. The van der Waals surface area contributed by atoms with Gasteiger partial charge >= 0.3 is 0 Å². The van der Waals surface area contributed by atoms with Crippen LogP contribution in [0.1, 0.15) is 27.2 Å². The summed E-state index contributed by atoms with van der Waals surface area (Å²) in [5.41, 5.74) is 5.08. The number of carbonyl (C=O) groups excluding carboxylic acids is 1. The van der Waals surface area contributed by atoms with E-state index in [9.17, 15) is 4.79 Å². The van der Waals surface area contributed by atoms with Crippen molar-refractivity contribution in [2.24, 2.45) is 0 Å². The molecule has 0 bridgehead atoms. The number of benzene rings is 2. The zero-order valence-electron chi connectivity index (χ0n) is 13.2. The predicted octanol–water partition coefficient (Wildman–Crippen LogP) is 4.06. The van der Waals surface area contributed by atoms with E-state index in [4.69, 9.17) is 0 Å². The molecule has 3 rings (SSSR count). The van der Waals surface area contributed by atoms with Gasteiger partial charge in [0.25, 0.3) is 5.91 Å². The summed E-state index contributed by atoms with van der Waals surface area (Å²) in [6.07, 6.45) is 0. The molecule has 3 aromatic rings. The van der Waals surface area contributed by atoms with Crippen molar-refractivity contribution in [3.63, 3.8) is 0 Å². The molecule has 0 aliphatic heterocycles. The molecular weight excluding hydrogens is 272 g/mol. The van der Waals surface area contributed by atoms with Crippen molar-refractivity contribution in [2.75, 3.05) is 7.05 Å². The average Bonchev–Trinajstić information content (AvgIpc) is 2.84. The summed E-state index contributed by atoms with van der Waals surface area (Å²) in [7, 11) is 1.86. The summed E-state index contributed by atoms with van der Waals surface area (Å²) < 4.78 is 0. The monoisotopic (exact) mass is 292 g/mol. The number of rotatable bonds is 3. The van der Waals surface area contributed by atoms with Gasteiger partial charge in [-0.2, -0.15) is 0 Å². The minimum Gasteiger partial charge on any atom is -0.358 e. The van der Waals surface area contributed by atoms with Crippen LogP contribution in [0.4, 0.5) is 0 Å². The highest BCUT2D eigenvalue weighted by molar-refractivity contribution is 6.08. The van der Waals surface area contributed by atoms with Gasteiger partial charge in [-0.05, 0) is 31.0 Å². The Bertz CT molecular complexity index is 832. The van der Waals surface area contributed by atoms with Crippen molar-refractivity contribution >= 4 is 16.8 Å². The molecule has 1 aromatic heterocycles. The number of carbonyl (C=O) groups is 1. The molecule has 0 fully saturated rings. The number of aromatic amines is 1. The lowest BCUT2D eigenvalue weighted by atomic mass is 10.1. The predicted molar refractivity (Wildman–Crippen MR) is 90.0 cm³/mol. The lowest BCUT2D eigenvalue weighted by Crippen LogP contribution is -2.27. The van der Waals surface area contributed by atoms with Crippen LogP contribution < -0.4 is 0 Å². The van der Waals surface area contributed by atoms with Crippen LogP contribution in [0.2, 0.25) is 0 Å². The fraction of sp³-hybridized carbons (Fsp3) is 0.211. The fourth-order valence-electron chi connectivity index (χ4n) is 2.86. The van der Waals surface area contributed by atoms with Crippen LogP contribution in [-0.2, 0) is 6.54 Å². The Morgan fingerprint density at radius 2 is 1.73 bits per heavy atom. The molecule has 0 radical (unpaired) electrons. The number of hydrogen-bond acceptors (Lipinski definition) is 1. The molecule has 1 amide bonds. The molecule has 112 valence electrons. The minimum absolute atomic E-state index is 0.0539. The van der Waals surface area contributed by atoms with Crippen molar-refractivity contribution in [2.45, 2.75) is 20.4 Å². The second-order valence-corrected chi connectivity index (χ2v) is 5.76. The number of amides is 1. The molecule has 0 unspecified atom stereocenters. The first kappa shape index (κ1) is 14.4. The van der Waals surface area contributed by atoms with Crippen molar-refractivity contribution in [1.29, 1.82) is 0 Å². The number of fused-ring (bicyclic) bond motifs is 1. The molecule has 0 spiro atoms. The van der Waals surface area contributed by atoms with Crippen molar-refractivity contribution in [3.8, 4) is 0 Å². The van der Waals surface area contributed by atoms with E-state index in [1.807, 2.05) is 50.4 Å². The van der Waals surface area contributed by atoms with Gasteiger partial charge in [0.05, 0.1) is 5.56 Å². The highest BCUT2D eigenvalue weighted by Crippen LogP contribution is 2.23. The highest BCUT2D eigenvalue weighted by atomic mass is 16.2. The zero-order chi connectivity index (χ0) is 15.7. The van der Waals surface area contributed by atoms with Crippen LogP contribution in [0.15, 0.2) is 48.5 Å². The van der Waals surface area contributed by atoms with E-state index >= 15 is 0 Å². The van der Waals surface area contributed by atoms with Crippen LogP contribution in [0.3, 0.4) is 0 Å².